The van der Waals surface area contributed by atoms with Crippen LogP contribution in [0.25, 0.3) is 0 Å². The molecule has 0 aliphatic carbocycles. The van der Waals surface area contributed by atoms with Crippen LogP contribution in [0.2, 0.25) is 0 Å². The van der Waals surface area contributed by atoms with Crippen molar-refractivity contribution in [3.63, 3.8) is 0 Å². The number of hydrogen-bond acceptors (Lipinski definition) is 7. The van der Waals surface area contributed by atoms with Crippen LogP contribution < -0.4 is 0 Å². The predicted octanol–water partition coefficient (Wildman–Crippen LogP) is 11.6. The topological polar surface area (TPSA) is 108 Å². The second kappa shape index (κ2) is 37.3. The van der Waals surface area contributed by atoms with Gasteiger partial charge in [-0.15, -0.1) is 0 Å². The van der Waals surface area contributed by atoms with E-state index in [2.05, 4.69) is 86.8 Å². The summed E-state index contributed by atoms with van der Waals surface area (Å²) in [4.78, 5) is 35.3. The van der Waals surface area contributed by atoms with Crippen LogP contribution in [0.3, 0.4) is 0 Å². The van der Waals surface area contributed by atoms with Crippen molar-refractivity contribution in [2.24, 2.45) is 0 Å². The standard InChI is InChI=1S/C46H74NO8P/c1-6-8-10-12-14-16-18-20-22-23-25-26-28-30-32-34-36-38-45(48)52-42-44(43-54-56(50,51)53-41-40-47(3,4)5)55-46(49)39-37-35-33-31-29-27-24-21-19-17-15-13-11-9-7-2/h8-11,13-17,19-22,24-26,30,32,44H,6-7,12,18,23,27-29,31,33-43H2,1-5H3/p+1/b10-8+,11-9+,15-13+,16-14+,19-17+,22-20+,24-21+,26-25+,32-30+/t44-/m1/s1. The van der Waals surface area contributed by atoms with Gasteiger partial charge in [-0.25, -0.2) is 4.57 Å². The molecular formula is C46H75NO8P+. The van der Waals surface area contributed by atoms with Gasteiger partial charge in [0.05, 0.1) is 27.7 Å². The minimum absolute atomic E-state index is 0.0107. The van der Waals surface area contributed by atoms with E-state index in [1.807, 2.05) is 57.6 Å². The monoisotopic (exact) mass is 801 g/mol. The molecule has 0 aromatic carbocycles. The summed E-state index contributed by atoms with van der Waals surface area (Å²) in [7, 11) is 1.40. The molecule has 0 aliphatic rings. The van der Waals surface area contributed by atoms with Gasteiger partial charge in [0.15, 0.2) is 6.10 Å². The number of likely N-dealkylation sites (N-methyl/N-ethyl adjacent to an activating group) is 1. The Morgan fingerprint density at radius 1 is 0.571 bits per heavy atom. The van der Waals surface area contributed by atoms with E-state index in [9.17, 15) is 19.0 Å². The maximum absolute atomic E-state index is 12.7. The van der Waals surface area contributed by atoms with Crippen molar-refractivity contribution in [2.75, 3.05) is 47.5 Å². The number of allylic oxidation sites excluding steroid dienone is 18. The highest BCUT2D eigenvalue weighted by Crippen LogP contribution is 2.43. The Kier molecular flexibility index (Phi) is 35.0. The van der Waals surface area contributed by atoms with E-state index >= 15 is 0 Å². The molecular weight excluding hydrogens is 725 g/mol. The van der Waals surface area contributed by atoms with Crippen molar-refractivity contribution in [3.8, 4) is 0 Å². The second-order valence-electron chi connectivity index (χ2n) is 14.3. The number of nitrogens with zero attached hydrogens (tertiary/aromatic N) is 1. The zero-order valence-corrected chi connectivity index (χ0v) is 36.2. The number of esters is 2. The highest BCUT2D eigenvalue weighted by Gasteiger charge is 2.27. The van der Waals surface area contributed by atoms with Gasteiger partial charge in [0.2, 0.25) is 0 Å². The molecule has 0 saturated carbocycles. The largest absolute Gasteiger partial charge is 0.472 e. The van der Waals surface area contributed by atoms with Crippen LogP contribution in [-0.2, 0) is 32.7 Å². The van der Waals surface area contributed by atoms with Gasteiger partial charge in [0.1, 0.15) is 19.8 Å². The predicted molar refractivity (Wildman–Crippen MR) is 233 cm³/mol. The molecule has 1 N–H and O–H groups in total. The Hall–Kier alpha value is -3.33. The van der Waals surface area contributed by atoms with Crippen molar-refractivity contribution < 1.29 is 42.1 Å². The van der Waals surface area contributed by atoms with Crippen molar-refractivity contribution in [3.05, 3.63) is 109 Å². The lowest BCUT2D eigenvalue weighted by atomic mass is 10.1. The van der Waals surface area contributed by atoms with Gasteiger partial charge in [-0.05, 0) is 70.6 Å². The maximum atomic E-state index is 12.7. The molecule has 0 saturated heterocycles. The number of phosphoric acid groups is 1. The zero-order chi connectivity index (χ0) is 41.4. The van der Waals surface area contributed by atoms with Gasteiger partial charge < -0.3 is 18.9 Å². The molecule has 0 radical (unpaired) electrons. The minimum Gasteiger partial charge on any atom is -0.462 e. The van der Waals surface area contributed by atoms with E-state index in [-0.39, 0.29) is 26.1 Å². The highest BCUT2D eigenvalue weighted by molar-refractivity contribution is 7.47. The zero-order valence-electron chi connectivity index (χ0n) is 35.3. The first-order valence-electron chi connectivity index (χ1n) is 20.7. The molecule has 1 unspecified atom stereocenters. The number of carbonyl (C=O) groups is 2. The van der Waals surface area contributed by atoms with Crippen LogP contribution in [0, 0.1) is 0 Å². The lowest BCUT2D eigenvalue weighted by Gasteiger charge is -2.24. The molecule has 316 valence electrons. The Morgan fingerprint density at radius 2 is 1.07 bits per heavy atom. The van der Waals surface area contributed by atoms with Gasteiger partial charge in [0, 0.05) is 12.8 Å². The number of quaternary nitrogens is 1. The Bertz CT molecular complexity index is 1320. The molecule has 56 heavy (non-hydrogen) atoms. The fraction of sp³-hybridized carbons (Fsp3) is 0.565. The fourth-order valence-electron chi connectivity index (χ4n) is 4.70. The van der Waals surface area contributed by atoms with Gasteiger partial charge in [-0.1, -0.05) is 142 Å². The average Bonchev–Trinajstić information content (AvgIpc) is 3.15. The molecule has 0 spiro atoms. The van der Waals surface area contributed by atoms with Crippen molar-refractivity contribution in [1.82, 2.24) is 0 Å². The van der Waals surface area contributed by atoms with Crippen LogP contribution in [0.1, 0.15) is 117 Å². The molecule has 0 rings (SSSR count). The van der Waals surface area contributed by atoms with Crippen molar-refractivity contribution in [2.45, 2.75) is 123 Å². The van der Waals surface area contributed by atoms with Crippen LogP contribution >= 0.6 is 7.82 Å². The van der Waals surface area contributed by atoms with E-state index in [0.29, 0.717) is 23.9 Å². The minimum atomic E-state index is -4.40. The SMILES string of the molecule is CC/C=C/C=C/C=C/C=C/CCCCCCCC(=O)O[C@H](COC(=O)CCC/C=C/C/C=C/C/C=C/C/C=C/C/C=C/CC)COP(=O)(O)OCC[N+](C)(C)C. The lowest BCUT2D eigenvalue weighted by molar-refractivity contribution is -0.870. The quantitative estimate of drug-likeness (QED) is 0.0169. The van der Waals surface area contributed by atoms with E-state index in [4.69, 9.17) is 18.5 Å². The van der Waals surface area contributed by atoms with Gasteiger partial charge in [0.25, 0.3) is 0 Å². The van der Waals surface area contributed by atoms with E-state index < -0.39 is 32.5 Å². The molecule has 2 atom stereocenters. The molecule has 0 aromatic rings. The van der Waals surface area contributed by atoms with Crippen LogP contribution in [0.15, 0.2) is 109 Å². The number of carbonyl (C=O) groups excluding carboxylic acids is 2. The molecule has 0 fully saturated rings. The molecule has 10 heteroatoms. The lowest BCUT2D eigenvalue weighted by Crippen LogP contribution is -2.37. The van der Waals surface area contributed by atoms with Crippen LogP contribution in [0.5, 0.6) is 0 Å². The summed E-state index contributed by atoms with van der Waals surface area (Å²) in [5.74, 6) is -0.909. The number of unbranched alkanes of at least 4 members (excludes halogenated alkanes) is 6. The smallest absolute Gasteiger partial charge is 0.462 e. The first-order valence-corrected chi connectivity index (χ1v) is 22.2. The number of ether oxygens (including phenoxy) is 2. The number of phosphoric ester groups is 1. The summed E-state index contributed by atoms with van der Waals surface area (Å²) in [6, 6.07) is 0. The van der Waals surface area contributed by atoms with Crippen molar-refractivity contribution >= 4 is 19.8 Å². The third-order valence-corrected chi connectivity index (χ3v) is 8.88. The Labute approximate surface area is 340 Å². The maximum Gasteiger partial charge on any atom is 0.472 e. The summed E-state index contributed by atoms with van der Waals surface area (Å²) < 4.78 is 34.1. The average molecular weight is 801 g/mol. The first kappa shape index (κ1) is 52.7. The second-order valence-corrected chi connectivity index (χ2v) is 15.8. The number of hydrogen-bond donors (Lipinski definition) is 1. The van der Waals surface area contributed by atoms with E-state index in [1.165, 1.54) is 0 Å². The van der Waals surface area contributed by atoms with E-state index in [0.717, 1.165) is 77.0 Å². The molecule has 0 bridgehead atoms. The van der Waals surface area contributed by atoms with Gasteiger partial charge in [-0.2, -0.15) is 0 Å². The highest BCUT2D eigenvalue weighted by atomic mass is 31.2. The fourth-order valence-corrected chi connectivity index (χ4v) is 5.45. The van der Waals surface area contributed by atoms with E-state index in [1.54, 1.807) is 0 Å². The third-order valence-electron chi connectivity index (χ3n) is 7.89. The van der Waals surface area contributed by atoms with Crippen molar-refractivity contribution in [1.29, 1.82) is 0 Å². The van der Waals surface area contributed by atoms with Crippen LogP contribution in [-0.4, -0.2) is 74.9 Å². The van der Waals surface area contributed by atoms with Gasteiger partial charge >= 0.3 is 19.8 Å². The molecule has 0 heterocycles. The summed E-state index contributed by atoms with van der Waals surface area (Å²) in [6.45, 7) is 4.03. The summed E-state index contributed by atoms with van der Waals surface area (Å²) in [6.07, 6.45) is 50.0. The first-order chi connectivity index (χ1) is 27.0. The molecule has 0 aliphatic heterocycles. The molecule has 0 aromatic heterocycles. The summed E-state index contributed by atoms with van der Waals surface area (Å²) in [5.41, 5.74) is 0. The summed E-state index contributed by atoms with van der Waals surface area (Å²) >= 11 is 0. The summed E-state index contributed by atoms with van der Waals surface area (Å²) in [5, 5.41) is 0. The van der Waals surface area contributed by atoms with Gasteiger partial charge in [-0.3, -0.25) is 18.6 Å². The molecule has 0 amide bonds. The molecule has 9 nitrogen and oxygen atoms in total. The number of rotatable bonds is 35. The third kappa shape index (κ3) is 40.3. The Morgan fingerprint density at radius 3 is 1.68 bits per heavy atom. The van der Waals surface area contributed by atoms with Crippen LogP contribution in [0.4, 0.5) is 0 Å². The normalized spacial score (nSPS) is 14.8. The Balaban J connectivity index is 4.56.